The maximum absolute atomic E-state index is 12.5. The van der Waals surface area contributed by atoms with Gasteiger partial charge in [0, 0.05) is 12.8 Å². The SMILES string of the molecule is COc1cc(CNC(=O)c2ccccc2S(C)(=O)=O)cc(OC)c1OC. The minimum atomic E-state index is -3.51. The van der Waals surface area contributed by atoms with Gasteiger partial charge in [-0.25, -0.2) is 8.42 Å². The van der Waals surface area contributed by atoms with Crippen molar-refractivity contribution in [3.05, 3.63) is 47.5 Å². The van der Waals surface area contributed by atoms with E-state index < -0.39 is 15.7 Å². The maximum Gasteiger partial charge on any atom is 0.252 e. The topological polar surface area (TPSA) is 90.9 Å². The van der Waals surface area contributed by atoms with Crippen LogP contribution in [0.1, 0.15) is 15.9 Å². The van der Waals surface area contributed by atoms with Crippen molar-refractivity contribution in [3.8, 4) is 17.2 Å². The van der Waals surface area contributed by atoms with Crippen LogP contribution < -0.4 is 19.5 Å². The molecule has 140 valence electrons. The van der Waals surface area contributed by atoms with Crippen LogP contribution in [0.3, 0.4) is 0 Å². The fourth-order valence-electron chi connectivity index (χ4n) is 2.49. The van der Waals surface area contributed by atoms with E-state index in [1.807, 2.05) is 0 Å². The first-order valence-electron chi connectivity index (χ1n) is 7.68. The number of methoxy groups -OCH3 is 3. The highest BCUT2D eigenvalue weighted by Crippen LogP contribution is 2.38. The van der Waals surface area contributed by atoms with Gasteiger partial charge in [0.05, 0.1) is 31.8 Å². The molecular weight excluding hydrogens is 358 g/mol. The molecule has 7 nitrogen and oxygen atoms in total. The lowest BCUT2D eigenvalue weighted by atomic mass is 10.1. The zero-order chi connectivity index (χ0) is 19.3. The Morgan fingerprint density at radius 2 is 1.58 bits per heavy atom. The van der Waals surface area contributed by atoms with Crippen molar-refractivity contribution in [1.29, 1.82) is 0 Å². The molecule has 0 fully saturated rings. The fraction of sp³-hybridized carbons (Fsp3) is 0.278. The van der Waals surface area contributed by atoms with Gasteiger partial charge in [0.15, 0.2) is 21.3 Å². The van der Waals surface area contributed by atoms with E-state index in [9.17, 15) is 13.2 Å². The summed E-state index contributed by atoms with van der Waals surface area (Å²) in [6.07, 6.45) is 1.07. The smallest absolute Gasteiger partial charge is 0.252 e. The van der Waals surface area contributed by atoms with Crippen LogP contribution in [0.15, 0.2) is 41.3 Å². The predicted octanol–water partition coefficient (Wildman–Crippen LogP) is 2.05. The van der Waals surface area contributed by atoms with E-state index >= 15 is 0 Å². The summed E-state index contributed by atoms with van der Waals surface area (Å²) >= 11 is 0. The van der Waals surface area contributed by atoms with Gasteiger partial charge in [0.25, 0.3) is 5.91 Å². The van der Waals surface area contributed by atoms with Crippen molar-refractivity contribution < 1.29 is 27.4 Å². The zero-order valence-corrected chi connectivity index (χ0v) is 15.8. The number of hydrogen-bond acceptors (Lipinski definition) is 6. The van der Waals surface area contributed by atoms with Crippen LogP contribution in [0.2, 0.25) is 0 Å². The Labute approximate surface area is 152 Å². The lowest BCUT2D eigenvalue weighted by molar-refractivity contribution is 0.0947. The number of rotatable bonds is 7. The lowest BCUT2D eigenvalue weighted by Crippen LogP contribution is -2.24. The maximum atomic E-state index is 12.5. The van der Waals surface area contributed by atoms with Crippen LogP contribution in [0.5, 0.6) is 17.2 Å². The summed E-state index contributed by atoms with van der Waals surface area (Å²) in [4.78, 5) is 12.4. The molecule has 0 unspecified atom stereocenters. The summed E-state index contributed by atoms with van der Waals surface area (Å²) in [5, 5.41) is 2.71. The van der Waals surface area contributed by atoms with Gasteiger partial charge < -0.3 is 19.5 Å². The molecule has 0 aliphatic carbocycles. The minimum Gasteiger partial charge on any atom is -0.493 e. The monoisotopic (exact) mass is 379 g/mol. The second-order valence-electron chi connectivity index (χ2n) is 5.48. The molecule has 2 aromatic rings. The van der Waals surface area contributed by atoms with Crippen molar-refractivity contribution in [3.63, 3.8) is 0 Å². The molecule has 0 aliphatic heterocycles. The molecule has 2 rings (SSSR count). The second kappa shape index (κ2) is 8.09. The van der Waals surface area contributed by atoms with Gasteiger partial charge in [0.1, 0.15) is 0 Å². The lowest BCUT2D eigenvalue weighted by Gasteiger charge is -2.15. The van der Waals surface area contributed by atoms with Crippen LogP contribution in [0.4, 0.5) is 0 Å². The van der Waals surface area contributed by atoms with Crippen LogP contribution in [-0.4, -0.2) is 41.9 Å². The molecule has 2 aromatic carbocycles. The van der Waals surface area contributed by atoms with Gasteiger partial charge in [-0.2, -0.15) is 0 Å². The minimum absolute atomic E-state index is 0.0117. The molecule has 0 heterocycles. The van der Waals surface area contributed by atoms with E-state index in [1.54, 1.807) is 24.3 Å². The molecule has 0 bridgehead atoms. The Morgan fingerprint density at radius 1 is 1.00 bits per heavy atom. The molecule has 0 spiro atoms. The van der Waals surface area contributed by atoms with E-state index in [1.165, 1.54) is 33.5 Å². The van der Waals surface area contributed by atoms with Crippen LogP contribution in [0.25, 0.3) is 0 Å². The average molecular weight is 379 g/mol. The summed E-state index contributed by atoms with van der Waals surface area (Å²) in [7, 11) is 0.999. The second-order valence-corrected chi connectivity index (χ2v) is 7.47. The van der Waals surface area contributed by atoms with Crippen molar-refractivity contribution in [2.24, 2.45) is 0 Å². The van der Waals surface area contributed by atoms with E-state index in [0.29, 0.717) is 22.8 Å². The van der Waals surface area contributed by atoms with Gasteiger partial charge >= 0.3 is 0 Å². The Balaban J connectivity index is 2.26. The Morgan fingerprint density at radius 3 is 2.08 bits per heavy atom. The van der Waals surface area contributed by atoms with E-state index in [4.69, 9.17) is 14.2 Å². The Bertz CT molecular complexity index is 883. The van der Waals surface area contributed by atoms with E-state index in [2.05, 4.69) is 5.32 Å². The Hall–Kier alpha value is -2.74. The number of carbonyl (C=O) groups excluding carboxylic acids is 1. The van der Waals surface area contributed by atoms with Crippen LogP contribution >= 0.6 is 0 Å². The molecule has 0 atom stereocenters. The van der Waals surface area contributed by atoms with Crippen molar-refractivity contribution in [1.82, 2.24) is 5.32 Å². The van der Waals surface area contributed by atoms with Gasteiger partial charge in [0.2, 0.25) is 5.75 Å². The number of benzene rings is 2. The number of sulfone groups is 1. The number of ether oxygens (including phenoxy) is 3. The van der Waals surface area contributed by atoms with Crippen LogP contribution in [-0.2, 0) is 16.4 Å². The number of carbonyl (C=O) groups is 1. The molecule has 0 saturated carbocycles. The normalized spacial score (nSPS) is 10.9. The fourth-order valence-corrected chi connectivity index (χ4v) is 3.38. The number of nitrogens with one attached hydrogen (secondary N) is 1. The highest BCUT2D eigenvalue weighted by atomic mass is 32.2. The van der Waals surface area contributed by atoms with Crippen molar-refractivity contribution >= 4 is 15.7 Å². The molecule has 0 aromatic heterocycles. The largest absolute Gasteiger partial charge is 0.493 e. The van der Waals surface area contributed by atoms with Gasteiger partial charge in [-0.3, -0.25) is 4.79 Å². The zero-order valence-electron chi connectivity index (χ0n) is 15.0. The first-order valence-corrected chi connectivity index (χ1v) is 9.57. The van der Waals surface area contributed by atoms with Gasteiger partial charge in [-0.1, -0.05) is 12.1 Å². The summed E-state index contributed by atoms with van der Waals surface area (Å²) in [6.45, 7) is 0.160. The molecule has 1 N–H and O–H groups in total. The highest BCUT2D eigenvalue weighted by Gasteiger charge is 2.18. The van der Waals surface area contributed by atoms with E-state index in [-0.39, 0.29) is 17.0 Å². The molecule has 0 aliphatic rings. The standard InChI is InChI=1S/C18H21NO6S/c1-23-14-9-12(10-15(24-2)17(14)25-3)11-19-18(20)13-7-5-6-8-16(13)26(4,21)22/h5-10H,11H2,1-4H3,(H,19,20). The summed E-state index contributed by atoms with van der Waals surface area (Å²) < 4.78 is 39.5. The molecule has 1 amide bonds. The third-order valence-electron chi connectivity index (χ3n) is 3.71. The summed E-state index contributed by atoms with van der Waals surface area (Å²) in [5.41, 5.74) is 0.812. The van der Waals surface area contributed by atoms with Gasteiger partial charge in [-0.15, -0.1) is 0 Å². The van der Waals surface area contributed by atoms with Crippen LogP contribution in [0, 0.1) is 0 Å². The third kappa shape index (κ3) is 4.26. The first kappa shape index (κ1) is 19.6. The van der Waals surface area contributed by atoms with E-state index in [0.717, 1.165) is 6.26 Å². The summed E-state index contributed by atoms with van der Waals surface area (Å²) in [5.74, 6) is 0.896. The summed E-state index contributed by atoms with van der Waals surface area (Å²) in [6, 6.07) is 9.49. The molecule has 8 heteroatoms. The number of amides is 1. The average Bonchev–Trinajstić information content (AvgIpc) is 2.64. The molecule has 26 heavy (non-hydrogen) atoms. The van der Waals surface area contributed by atoms with Crippen molar-refractivity contribution in [2.45, 2.75) is 11.4 Å². The van der Waals surface area contributed by atoms with Gasteiger partial charge in [-0.05, 0) is 29.8 Å². The molecular formula is C18H21NO6S. The quantitative estimate of drug-likeness (QED) is 0.792. The number of hydrogen-bond donors (Lipinski definition) is 1. The molecule has 0 saturated heterocycles. The third-order valence-corrected chi connectivity index (χ3v) is 4.86. The Kier molecular flexibility index (Phi) is 6.10. The predicted molar refractivity (Wildman–Crippen MR) is 96.8 cm³/mol. The molecule has 0 radical (unpaired) electrons. The first-order chi connectivity index (χ1) is 12.3. The van der Waals surface area contributed by atoms with Crippen molar-refractivity contribution in [2.75, 3.05) is 27.6 Å². The highest BCUT2D eigenvalue weighted by molar-refractivity contribution is 7.90.